The minimum Gasteiger partial charge on any atom is -0.341 e. The van der Waals surface area contributed by atoms with Crippen LogP contribution in [0.4, 0.5) is 0 Å². The number of amides is 1. The summed E-state index contributed by atoms with van der Waals surface area (Å²) in [5.74, 6) is 0.655. The van der Waals surface area contributed by atoms with Gasteiger partial charge >= 0.3 is 0 Å². The summed E-state index contributed by atoms with van der Waals surface area (Å²) in [5, 5.41) is 9.14. The first kappa shape index (κ1) is 18.5. The van der Waals surface area contributed by atoms with Crippen LogP contribution in [0.3, 0.4) is 0 Å². The fraction of sp³-hybridized carbons (Fsp3) is 0.409. The number of likely N-dealkylation sites (tertiary alicyclic amines) is 1. The van der Waals surface area contributed by atoms with Crippen molar-refractivity contribution in [2.45, 2.75) is 18.9 Å². The molecule has 0 aliphatic carbocycles. The SMILES string of the molecule is CN(C)CC(=O)N1C[C@H]2C[C@H](C1)c1ccc(-c3cccc(C#N)c3)c(=O)n1C2. The molecule has 2 bridgehead atoms. The zero-order chi connectivity index (χ0) is 19.8. The predicted octanol–water partition coefficient (Wildman–Crippen LogP) is 1.89. The summed E-state index contributed by atoms with van der Waals surface area (Å²) >= 11 is 0. The van der Waals surface area contributed by atoms with Crippen LogP contribution in [0.1, 0.15) is 23.6 Å². The summed E-state index contributed by atoms with van der Waals surface area (Å²) in [4.78, 5) is 29.6. The normalized spacial score (nSPS) is 20.6. The van der Waals surface area contributed by atoms with Crippen molar-refractivity contribution in [1.82, 2.24) is 14.4 Å². The second kappa shape index (κ2) is 7.25. The zero-order valence-corrected chi connectivity index (χ0v) is 16.3. The number of rotatable bonds is 3. The van der Waals surface area contributed by atoms with Crippen molar-refractivity contribution in [3.05, 3.63) is 58.0 Å². The van der Waals surface area contributed by atoms with Crippen molar-refractivity contribution >= 4 is 5.91 Å². The molecule has 144 valence electrons. The van der Waals surface area contributed by atoms with Crippen LogP contribution < -0.4 is 5.56 Å². The Morgan fingerprint density at radius 2 is 2.04 bits per heavy atom. The van der Waals surface area contributed by atoms with Gasteiger partial charge in [-0.05, 0) is 56.3 Å². The number of carbonyl (C=O) groups excluding carboxylic acids is 1. The molecule has 1 saturated heterocycles. The molecule has 3 heterocycles. The third-order valence-corrected chi connectivity index (χ3v) is 5.71. The molecule has 0 radical (unpaired) electrons. The molecule has 0 unspecified atom stereocenters. The van der Waals surface area contributed by atoms with Crippen molar-refractivity contribution in [2.24, 2.45) is 5.92 Å². The maximum Gasteiger partial charge on any atom is 0.258 e. The van der Waals surface area contributed by atoms with Crippen molar-refractivity contribution in [3.63, 3.8) is 0 Å². The quantitative estimate of drug-likeness (QED) is 0.820. The molecular formula is C22H24N4O2. The van der Waals surface area contributed by atoms with E-state index in [0.717, 1.165) is 17.7 Å². The third kappa shape index (κ3) is 3.34. The summed E-state index contributed by atoms with van der Waals surface area (Å²) in [6.45, 7) is 2.44. The van der Waals surface area contributed by atoms with Gasteiger partial charge < -0.3 is 14.4 Å². The van der Waals surface area contributed by atoms with E-state index in [1.807, 2.05) is 46.7 Å². The molecule has 0 N–H and O–H groups in total. The first-order valence-corrected chi connectivity index (χ1v) is 9.63. The topological polar surface area (TPSA) is 69.3 Å². The van der Waals surface area contributed by atoms with Gasteiger partial charge in [0.1, 0.15) is 0 Å². The molecule has 0 saturated carbocycles. The van der Waals surface area contributed by atoms with E-state index in [-0.39, 0.29) is 17.4 Å². The number of nitrogens with zero attached hydrogens (tertiary/aromatic N) is 4. The van der Waals surface area contributed by atoms with Crippen molar-refractivity contribution in [1.29, 1.82) is 5.26 Å². The second-order valence-electron chi connectivity index (χ2n) is 8.12. The highest BCUT2D eigenvalue weighted by Gasteiger charge is 2.36. The smallest absolute Gasteiger partial charge is 0.258 e. The number of hydrogen-bond donors (Lipinski definition) is 0. The Kier molecular flexibility index (Phi) is 4.78. The van der Waals surface area contributed by atoms with Crippen LogP contribution >= 0.6 is 0 Å². The first-order chi connectivity index (χ1) is 13.5. The van der Waals surface area contributed by atoms with Gasteiger partial charge in [-0.2, -0.15) is 5.26 Å². The van der Waals surface area contributed by atoms with Crippen LogP contribution in [0.5, 0.6) is 0 Å². The molecule has 2 aromatic rings. The number of hydrogen-bond acceptors (Lipinski definition) is 4. The van der Waals surface area contributed by atoms with Crippen LogP contribution in [-0.2, 0) is 11.3 Å². The molecule has 0 spiro atoms. The van der Waals surface area contributed by atoms with Crippen LogP contribution in [-0.4, -0.2) is 54.0 Å². The lowest BCUT2D eigenvalue weighted by atomic mass is 9.82. The van der Waals surface area contributed by atoms with E-state index in [0.29, 0.717) is 43.2 Å². The van der Waals surface area contributed by atoms with Crippen LogP contribution in [0.15, 0.2) is 41.2 Å². The molecule has 2 atom stereocenters. The van der Waals surface area contributed by atoms with Gasteiger partial charge in [0.25, 0.3) is 5.56 Å². The summed E-state index contributed by atoms with van der Waals surface area (Å²) in [7, 11) is 3.81. The summed E-state index contributed by atoms with van der Waals surface area (Å²) in [5.41, 5.74) is 2.96. The maximum atomic E-state index is 13.2. The van der Waals surface area contributed by atoms with Gasteiger partial charge in [0.2, 0.25) is 5.91 Å². The maximum absolute atomic E-state index is 13.2. The van der Waals surface area contributed by atoms with Gasteiger partial charge in [-0.15, -0.1) is 0 Å². The van der Waals surface area contributed by atoms with E-state index >= 15 is 0 Å². The van der Waals surface area contributed by atoms with Crippen LogP contribution in [0, 0.1) is 17.2 Å². The van der Waals surface area contributed by atoms with Gasteiger partial charge in [-0.3, -0.25) is 9.59 Å². The molecule has 2 aliphatic rings. The lowest BCUT2D eigenvalue weighted by Crippen LogP contribution is -2.51. The summed E-state index contributed by atoms with van der Waals surface area (Å²) in [6.07, 6.45) is 1.02. The van der Waals surface area contributed by atoms with E-state index < -0.39 is 0 Å². The number of fused-ring (bicyclic) bond motifs is 4. The molecule has 6 nitrogen and oxygen atoms in total. The van der Waals surface area contributed by atoms with E-state index in [1.54, 1.807) is 18.2 Å². The van der Waals surface area contributed by atoms with Gasteiger partial charge in [0.05, 0.1) is 18.2 Å². The van der Waals surface area contributed by atoms with Gasteiger partial charge in [0.15, 0.2) is 0 Å². The minimum atomic E-state index is -0.00430. The number of benzene rings is 1. The molecule has 1 aromatic carbocycles. The Morgan fingerprint density at radius 1 is 1.21 bits per heavy atom. The number of aromatic nitrogens is 1. The van der Waals surface area contributed by atoms with E-state index in [9.17, 15) is 9.59 Å². The first-order valence-electron chi connectivity index (χ1n) is 9.63. The standard InChI is InChI=1S/C22H24N4O2/c1-24(2)14-21(27)25-11-16-9-18(13-25)20-7-6-19(22(28)26(20)12-16)17-5-3-4-15(8-17)10-23/h3-8,16,18H,9,11-14H2,1-2H3/t16-,18-/m1/s1. The van der Waals surface area contributed by atoms with E-state index in [2.05, 4.69) is 6.07 Å². The van der Waals surface area contributed by atoms with E-state index in [4.69, 9.17) is 5.26 Å². The minimum absolute atomic E-state index is 0.00430. The predicted molar refractivity (Wildman–Crippen MR) is 107 cm³/mol. The monoisotopic (exact) mass is 376 g/mol. The molecule has 6 heteroatoms. The Morgan fingerprint density at radius 3 is 2.79 bits per heavy atom. The molecule has 1 aromatic heterocycles. The number of pyridine rings is 1. The van der Waals surface area contributed by atoms with Crippen molar-refractivity contribution < 1.29 is 4.79 Å². The number of carbonyl (C=O) groups is 1. The molecule has 28 heavy (non-hydrogen) atoms. The number of likely N-dealkylation sites (N-methyl/N-ethyl adjacent to an activating group) is 1. The second-order valence-corrected chi connectivity index (χ2v) is 8.12. The molecule has 1 fully saturated rings. The van der Waals surface area contributed by atoms with Crippen LogP contribution in [0.2, 0.25) is 0 Å². The number of piperidine rings is 1. The molecule has 4 rings (SSSR count). The Bertz CT molecular complexity index is 1020. The number of nitriles is 1. The average Bonchev–Trinajstić information content (AvgIpc) is 2.68. The molecule has 1 amide bonds. The van der Waals surface area contributed by atoms with Crippen molar-refractivity contribution in [2.75, 3.05) is 33.7 Å². The van der Waals surface area contributed by atoms with Crippen molar-refractivity contribution in [3.8, 4) is 17.2 Å². The zero-order valence-electron chi connectivity index (χ0n) is 16.3. The lowest BCUT2D eigenvalue weighted by molar-refractivity contribution is -0.134. The summed E-state index contributed by atoms with van der Waals surface area (Å²) in [6, 6.07) is 13.2. The third-order valence-electron chi connectivity index (χ3n) is 5.71. The average molecular weight is 376 g/mol. The van der Waals surface area contributed by atoms with Gasteiger partial charge in [-0.1, -0.05) is 12.1 Å². The fourth-order valence-electron chi connectivity index (χ4n) is 4.50. The lowest BCUT2D eigenvalue weighted by Gasteiger charge is -2.43. The highest BCUT2D eigenvalue weighted by atomic mass is 16.2. The van der Waals surface area contributed by atoms with Gasteiger partial charge in [-0.25, -0.2) is 0 Å². The molecular weight excluding hydrogens is 352 g/mol. The highest BCUT2D eigenvalue weighted by Crippen LogP contribution is 2.35. The van der Waals surface area contributed by atoms with Crippen LogP contribution in [0.25, 0.3) is 11.1 Å². The molecule has 2 aliphatic heterocycles. The van der Waals surface area contributed by atoms with E-state index in [1.165, 1.54) is 0 Å². The van der Waals surface area contributed by atoms with Gasteiger partial charge in [0, 0.05) is 36.8 Å². The Labute approximate surface area is 164 Å². The fourth-order valence-corrected chi connectivity index (χ4v) is 4.50. The summed E-state index contributed by atoms with van der Waals surface area (Å²) < 4.78 is 1.89. The largest absolute Gasteiger partial charge is 0.341 e. The Hall–Kier alpha value is -2.91. The Balaban J connectivity index is 1.66. The highest BCUT2D eigenvalue weighted by molar-refractivity contribution is 5.78.